The first-order valence-electron chi connectivity index (χ1n) is 9.55. The summed E-state index contributed by atoms with van der Waals surface area (Å²) in [5.74, 6) is -0.930. The van der Waals surface area contributed by atoms with Crippen LogP contribution in [0.3, 0.4) is 0 Å². The van der Waals surface area contributed by atoms with Crippen LogP contribution in [0.15, 0.2) is 42.5 Å². The number of anilines is 3. The lowest BCUT2D eigenvalue weighted by atomic mass is 9.98. The van der Waals surface area contributed by atoms with Crippen molar-refractivity contribution in [1.82, 2.24) is 0 Å². The zero-order valence-electron chi connectivity index (χ0n) is 15.5. The summed E-state index contributed by atoms with van der Waals surface area (Å²) in [6, 6.07) is 12.0. The van der Waals surface area contributed by atoms with Gasteiger partial charge in [-0.15, -0.1) is 0 Å². The van der Waals surface area contributed by atoms with E-state index in [2.05, 4.69) is 10.6 Å². The quantitative estimate of drug-likeness (QED) is 0.478. The van der Waals surface area contributed by atoms with Gasteiger partial charge in [0.05, 0.1) is 16.9 Å². The van der Waals surface area contributed by atoms with E-state index in [0.29, 0.717) is 28.2 Å². The van der Waals surface area contributed by atoms with Crippen LogP contribution in [-0.4, -0.2) is 18.0 Å². The van der Waals surface area contributed by atoms with Crippen molar-refractivity contribution in [3.63, 3.8) is 0 Å². The second kappa shape index (κ2) is 7.07. The molecule has 0 bridgehead atoms. The molecular weight excluding hydrogens is 356 g/mol. The van der Waals surface area contributed by atoms with Gasteiger partial charge in [0.15, 0.2) is 0 Å². The van der Waals surface area contributed by atoms with E-state index in [4.69, 9.17) is 16.2 Å². The monoisotopic (exact) mass is 380 g/mol. The van der Waals surface area contributed by atoms with Crippen LogP contribution in [0.25, 0.3) is 0 Å². The molecule has 1 atom stereocenters. The summed E-state index contributed by atoms with van der Waals surface area (Å²) in [5, 5.41) is 6.30. The predicted octanol–water partition coefficient (Wildman–Crippen LogP) is 2.93. The summed E-state index contributed by atoms with van der Waals surface area (Å²) >= 11 is 0. The van der Waals surface area contributed by atoms with Crippen molar-refractivity contribution in [1.29, 1.82) is 0 Å². The summed E-state index contributed by atoms with van der Waals surface area (Å²) in [4.78, 5) is 24.9. The molecule has 1 saturated carbocycles. The standard InChI is InChI=1S/C21H24N4O3/c22-15-9-7-14(8-10-15)21(20(23)27)24-17-11-6-13(12-18(17)25-21)19(26)28-16-4-2-1-3-5-16/h6-12,16,24-25H,1-5,22H2,(H2,23,27). The van der Waals surface area contributed by atoms with Crippen LogP contribution < -0.4 is 22.1 Å². The number of rotatable bonds is 4. The Morgan fingerprint density at radius 1 is 0.964 bits per heavy atom. The third-order valence-electron chi connectivity index (χ3n) is 5.44. The Bertz CT molecular complexity index is 906. The number of carbonyl (C=O) groups is 2. The fourth-order valence-electron chi connectivity index (χ4n) is 3.86. The molecule has 6 N–H and O–H groups in total. The molecule has 7 heteroatoms. The van der Waals surface area contributed by atoms with E-state index in [1.165, 1.54) is 6.42 Å². The fourth-order valence-corrected chi connectivity index (χ4v) is 3.86. The number of nitrogen functional groups attached to an aromatic ring is 1. The van der Waals surface area contributed by atoms with Gasteiger partial charge in [-0.05, 0) is 56.0 Å². The van der Waals surface area contributed by atoms with Gasteiger partial charge < -0.3 is 26.8 Å². The molecule has 4 rings (SSSR count). The molecule has 2 aromatic rings. The Morgan fingerprint density at radius 2 is 1.64 bits per heavy atom. The van der Waals surface area contributed by atoms with Crippen molar-refractivity contribution in [2.75, 3.05) is 16.4 Å². The molecule has 1 fully saturated rings. The van der Waals surface area contributed by atoms with Crippen molar-refractivity contribution in [3.8, 4) is 0 Å². The lowest BCUT2D eigenvalue weighted by molar-refractivity contribution is -0.121. The normalized spacial score (nSPS) is 21.3. The summed E-state index contributed by atoms with van der Waals surface area (Å²) in [7, 11) is 0. The average Bonchev–Trinajstić information content (AvgIpc) is 3.09. The number of fused-ring (bicyclic) bond motifs is 1. The van der Waals surface area contributed by atoms with Gasteiger partial charge in [0.25, 0.3) is 5.91 Å². The SMILES string of the molecule is NC(=O)C1(c2ccc(N)cc2)Nc2ccc(C(=O)OC3CCCCC3)cc2N1. The highest BCUT2D eigenvalue weighted by atomic mass is 16.5. The number of hydrogen-bond acceptors (Lipinski definition) is 6. The Hall–Kier alpha value is -3.22. The summed E-state index contributed by atoms with van der Waals surface area (Å²) < 4.78 is 5.64. The highest BCUT2D eigenvalue weighted by Gasteiger charge is 2.44. The Labute approximate surface area is 163 Å². The first kappa shape index (κ1) is 18.2. The topological polar surface area (TPSA) is 119 Å². The van der Waals surface area contributed by atoms with E-state index < -0.39 is 11.6 Å². The number of ether oxygens (including phenoxy) is 1. The molecule has 28 heavy (non-hydrogen) atoms. The van der Waals surface area contributed by atoms with Gasteiger partial charge in [-0.3, -0.25) is 4.79 Å². The van der Waals surface area contributed by atoms with Gasteiger partial charge in [0, 0.05) is 11.3 Å². The first-order valence-corrected chi connectivity index (χ1v) is 9.55. The molecule has 1 unspecified atom stereocenters. The third-order valence-corrected chi connectivity index (χ3v) is 5.44. The van der Waals surface area contributed by atoms with Gasteiger partial charge in [-0.2, -0.15) is 0 Å². The lowest BCUT2D eigenvalue weighted by Gasteiger charge is -2.27. The molecule has 2 aliphatic rings. The average molecular weight is 380 g/mol. The van der Waals surface area contributed by atoms with Crippen LogP contribution >= 0.6 is 0 Å². The van der Waals surface area contributed by atoms with Gasteiger partial charge in [0.1, 0.15) is 6.10 Å². The van der Waals surface area contributed by atoms with Crippen LogP contribution in [0.5, 0.6) is 0 Å². The number of amides is 1. The number of esters is 1. The second-order valence-electron chi connectivity index (χ2n) is 7.41. The molecule has 1 aliphatic carbocycles. The van der Waals surface area contributed by atoms with Gasteiger partial charge in [-0.1, -0.05) is 18.6 Å². The maximum atomic E-state index is 12.5. The van der Waals surface area contributed by atoms with Crippen LogP contribution in [0.1, 0.15) is 48.0 Å². The summed E-state index contributed by atoms with van der Waals surface area (Å²) in [6.45, 7) is 0. The van der Waals surface area contributed by atoms with Crippen molar-refractivity contribution in [2.24, 2.45) is 5.73 Å². The number of carbonyl (C=O) groups excluding carboxylic acids is 2. The molecule has 146 valence electrons. The van der Waals surface area contributed by atoms with E-state index in [1.807, 2.05) is 0 Å². The number of hydrogen-bond donors (Lipinski definition) is 4. The first-order chi connectivity index (χ1) is 13.5. The van der Waals surface area contributed by atoms with Gasteiger partial charge in [-0.25, -0.2) is 4.79 Å². The minimum absolute atomic E-state index is 0.0138. The minimum atomic E-state index is -1.30. The van der Waals surface area contributed by atoms with Crippen molar-refractivity contribution in [2.45, 2.75) is 43.9 Å². The molecule has 7 nitrogen and oxygen atoms in total. The van der Waals surface area contributed by atoms with Crippen LogP contribution in [0.2, 0.25) is 0 Å². The smallest absolute Gasteiger partial charge is 0.338 e. The van der Waals surface area contributed by atoms with Crippen molar-refractivity contribution >= 4 is 28.9 Å². The van der Waals surface area contributed by atoms with Crippen LogP contribution in [-0.2, 0) is 15.2 Å². The Morgan fingerprint density at radius 3 is 2.32 bits per heavy atom. The van der Waals surface area contributed by atoms with Crippen LogP contribution in [0, 0.1) is 0 Å². The van der Waals surface area contributed by atoms with E-state index in [-0.39, 0.29) is 12.1 Å². The number of nitrogens with two attached hydrogens (primary N) is 2. The highest BCUT2D eigenvalue weighted by molar-refractivity contribution is 6.00. The Kier molecular flexibility index (Phi) is 4.58. The van der Waals surface area contributed by atoms with Gasteiger partial charge >= 0.3 is 5.97 Å². The predicted molar refractivity (Wildman–Crippen MR) is 108 cm³/mol. The fraction of sp³-hybridized carbons (Fsp3) is 0.333. The highest BCUT2D eigenvalue weighted by Crippen LogP contribution is 2.40. The molecule has 1 amide bonds. The third kappa shape index (κ3) is 3.24. The van der Waals surface area contributed by atoms with E-state index in [0.717, 1.165) is 25.7 Å². The Balaban J connectivity index is 1.58. The molecule has 0 aromatic heterocycles. The zero-order valence-corrected chi connectivity index (χ0v) is 15.5. The van der Waals surface area contributed by atoms with Crippen LogP contribution in [0.4, 0.5) is 17.1 Å². The van der Waals surface area contributed by atoms with Crippen molar-refractivity contribution < 1.29 is 14.3 Å². The van der Waals surface area contributed by atoms with Crippen molar-refractivity contribution in [3.05, 3.63) is 53.6 Å². The molecule has 0 saturated heterocycles. The van der Waals surface area contributed by atoms with E-state index in [1.54, 1.807) is 42.5 Å². The molecular formula is C21H24N4O3. The van der Waals surface area contributed by atoms with E-state index >= 15 is 0 Å². The number of primary amides is 1. The molecule has 1 heterocycles. The second-order valence-corrected chi connectivity index (χ2v) is 7.41. The molecule has 1 aliphatic heterocycles. The number of benzene rings is 2. The largest absolute Gasteiger partial charge is 0.459 e. The number of nitrogens with one attached hydrogen (secondary N) is 2. The minimum Gasteiger partial charge on any atom is -0.459 e. The lowest BCUT2D eigenvalue weighted by Crippen LogP contribution is -2.50. The maximum absolute atomic E-state index is 12.5. The maximum Gasteiger partial charge on any atom is 0.338 e. The summed E-state index contributed by atoms with van der Waals surface area (Å²) in [6.07, 6.45) is 5.20. The molecule has 2 aromatic carbocycles. The zero-order chi connectivity index (χ0) is 19.7. The van der Waals surface area contributed by atoms with E-state index in [9.17, 15) is 9.59 Å². The van der Waals surface area contributed by atoms with Gasteiger partial charge in [0.2, 0.25) is 5.66 Å². The molecule has 0 spiro atoms. The molecule has 0 radical (unpaired) electrons. The summed E-state index contributed by atoms with van der Waals surface area (Å²) in [5.41, 5.74) is 13.1.